The van der Waals surface area contributed by atoms with Crippen LogP contribution in [0.4, 0.5) is 11.4 Å². The molecule has 8 heteroatoms. The first-order chi connectivity index (χ1) is 12.5. The molecule has 0 bridgehead atoms. The van der Waals surface area contributed by atoms with Gasteiger partial charge in [-0.25, -0.2) is 13.4 Å². The number of aromatic nitrogens is 3. The fourth-order valence-electron chi connectivity index (χ4n) is 3.37. The minimum atomic E-state index is -3.17. The highest BCUT2D eigenvalue weighted by molar-refractivity contribution is 7.93. The maximum atomic E-state index is 12.2. The zero-order chi connectivity index (χ0) is 18.3. The van der Waals surface area contributed by atoms with Gasteiger partial charge in [-0.3, -0.25) is 8.99 Å². The Morgan fingerprint density at radius 2 is 2.12 bits per heavy atom. The molecule has 3 aromatic rings. The van der Waals surface area contributed by atoms with E-state index in [2.05, 4.69) is 22.3 Å². The Bertz CT molecular complexity index is 1060. The van der Waals surface area contributed by atoms with Crippen LogP contribution in [-0.2, 0) is 17.1 Å². The molecule has 0 aliphatic carbocycles. The van der Waals surface area contributed by atoms with Crippen LogP contribution >= 0.6 is 0 Å². The number of rotatable bonds is 4. The summed E-state index contributed by atoms with van der Waals surface area (Å²) in [5, 5.41) is 8.71. The summed E-state index contributed by atoms with van der Waals surface area (Å²) in [5.41, 5.74) is 3.53. The van der Waals surface area contributed by atoms with E-state index in [-0.39, 0.29) is 11.8 Å². The van der Waals surface area contributed by atoms with Crippen molar-refractivity contribution in [3.8, 4) is 0 Å². The van der Waals surface area contributed by atoms with Gasteiger partial charge in [-0.1, -0.05) is 12.1 Å². The van der Waals surface area contributed by atoms with Gasteiger partial charge in [0.2, 0.25) is 10.0 Å². The average Bonchev–Trinajstić information content (AvgIpc) is 3.18. The fourth-order valence-corrected chi connectivity index (χ4v) is 4.92. The van der Waals surface area contributed by atoms with Crippen LogP contribution in [0.1, 0.15) is 24.9 Å². The maximum absolute atomic E-state index is 12.2. The van der Waals surface area contributed by atoms with E-state index in [1.165, 1.54) is 4.31 Å². The number of hydrogen-bond donors (Lipinski definition) is 1. The number of sulfonamides is 1. The predicted octanol–water partition coefficient (Wildman–Crippen LogP) is 2.68. The smallest absolute Gasteiger partial charge is 0.235 e. The quantitative estimate of drug-likeness (QED) is 0.763. The van der Waals surface area contributed by atoms with Crippen LogP contribution in [0.5, 0.6) is 0 Å². The number of benzene rings is 1. The lowest BCUT2D eigenvalue weighted by atomic mass is 10.1. The third-order valence-corrected chi connectivity index (χ3v) is 6.63. The monoisotopic (exact) mass is 371 g/mol. The molecule has 4 rings (SSSR count). The second-order valence-corrected chi connectivity index (χ2v) is 8.58. The molecule has 0 radical (unpaired) electrons. The van der Waals surface area contributed by atoms with E-state index in [9.17, 15) is 8.42 Å². The van der Waals surface area contributed by atoms with Crippen LogP contribution in [0.3, 0.4) is 0 Å². The third kappa shape index (κ3) is 2.90. The summed E-state index contributed by atoms with van der Waals surface area (Å²) in [6.07, 6.45) is 4.23. The Balaban J connectivity index is 1.62. The lowest BCUT2D eigenvalue weighted by Crippen LogP contribution is -2.25. The van der Waals surface area contributed by atoms with Gasteiger partial charge in [0.1, 0.15) is 0 Å². The van der Waals surface area contributed by atoms with Crippen LogP contribution in [0.15, 0.2) is 42.7 Å². The van der Waals surface area contributed by atoms with Crippen LogP contribution in [0.25, 0.3) is 11.0 Å². The summed E-state index contributed by atoms with van der Waals surface area (Å²) in [7, 11) is -1.31. The summed E-state index contributed by atoms with van der Waals surface area (Å²) < 4.78 is 27.6. The molecule has 1 N–H and O–H groups in total. The van der Waals surface area contributed by atoms with Crippen molar-refractivity contribution in [3.05, 3.63) is 48.3 Å². The van der Waals surface area contributed by atoms with Gasteiger partial charge >= 0.3 is 0 Å². The molecular weight excluding hydrogens is 350 g/mol. The first kappa shape index (κ1) is 16.8. The molecule has 26 heavy (non-hydrogen) atoms. The van der Waals surface area contributed by atoms with Crippen molar-refractivity contribution in [1.82, 2.24) is 14.8 Å². The Morgan fingerprint density at radius 1 is 1.27 bits per heavy atom. The molecule has 136 valence electrons. The van der Waals surface area contributed by atoms with Gasteiger partial charge < -0.3 is 5.32 Å². The van der Waals surface area contributed by atoms with Gasteiger partial charge in [0.25, 0.3) is 0 Å². The van der Waals surface area contributed by atoms with E-state index < -0.39 is 10.0 Å². The lowest BCUT2D eigenvalue weighted by molar-refractivity contribution is 0.599. The first-order valence-corrected chi connectivity index (χ1v) is 10.2. The summed E-state index contributed by atoms with van der Waals surface area (Å²) in [6.45, 7) is 2.61. The molecule has 0 amide bonds. The normalized spacial score (nSPS) is 17.5. The number of aryl methyl sites for hydroxylation is 1. The zero-order valence-corrected chi connectivity index (χ0v) is 15.6. The molecule has 0 saturated carbocycles. The first-order valence-electron chi connectivity index (χ1n) is 8.59. The van der Waals surface area contributed by atoms with Gasteiger partial charge in [-0.15, -0.1) is 0 Å². The van der Waals surface area contributed by atoms with Gasteiger partial charge in [0, 0.05) is 31.5 Å². The van der Waals surface area contributed by atoms with E-state index >= 15 is 0 Å². The fraction of sp³-hybridized carbons (Fsp3) is 0.333. The molecule has 1 aliphatic rings. The van der Waals surface area contributed by atoms with Gasteiger partial charge in [0.15, 0.2) is 5.65 Å². The number of pyridine rings is 1. The van der Waals surface area contributed by atoms with Crippen molar-refractivity contribution in [2.75, 3.05) is 21.9 Å². The molecule has 3 heterocycles. The highest BCUT2D eigenvalue weighted by Gasteiger charge is 2.28. The molecular formula is C18H21N5O2S. The van der Waals surface area contributed by atoms with E-state index in [1.54, 1.807) is 17.1 Å². The topological polar surface area (TPSA) is 80.1 Å². The predicted molar refractivity (Wildman–Crippen MR) is 103 cm³/mol. The van der Waals surface area contributed by atoms with Gasteiger partial charge in [-0.05, 0) is 37.1 Å². The summed E-state index contributed by atoms with van der Waals surface area (Å²) in [4.78, 5) is 4.35. The summed E-state index contributed by atoms with van der Waals surface area (Å²) >= 11 is 0. The number of anilines is 2. The molecule has 0 spiro atoms. The van der Waals surface area contributed by atoms with E-state index in [0.717, 1.165) is 28.0 Å². The Kier molecular flexibility index (Phi) is 4.07. The minimum Gasteiger partial charge on any atom is -0.378 e. The number of nitrogens with one attached hydrogen (secondary N) is 1. The van der Waals surface area contributed by atoms with Crippen LogP contribution in [0, 0.1) is 0 Å². The van der Waals surface area contributed by atoms with E-state index in [4.69, 9.17) is 0 Å². The molecule has 1 saturated heterocycles. The number of fused-ring (bicyclic) bond motifs is 1. The minimum absolute atomic E-state index is 0.00561. The largest absolute Gasteiger partial charge is 0.378 e. The molecule has 1 atom stereocenters. The van der Waals surface area contributed by atoms with Crippen molar-refractivity contribution < 1.29 is 8.42 Å². The van der Waals surface area contributed by atoms with E-state index in [0.29, 0.717) is 13.0 Å². The van der Waals surface area contributed by atoms with Gasteiger partial charge in [0.05, 0.1) is 23.0 Å². The molecule has 1 aliphatic heterocycles. The van der Waals surface area contributed by atoms with Crippen molar-refractivity contribution in [1.29, 1.82) is 0 Å². The lowest BCUT2D eigenvalue weighted by Gasteiger charge is -2.21. The molecule has 1 unspecified atom stereocenters. The zero-order valence-electron chi connectivity index (χ0n) is 14.8. The Hall–Kier alpha value is -2.61. The van der Waals surface area contributed by atoms with Crippen LogP contribution in [0.2, 0.25) is 0 Å². The van der Waals surface area contributed by atoms with Crippen molar-refractivity contribution >= 4 is 32.4 Å². The second-order valence-electron chi connectivity index (χ2n) is 6.57. The summed E-state index contributed by atoms with van der Waals surface area (Å²) in [5.74, 6) is 0.223. The standard InChI is InChI=1S/C18H21N5O2S/c1-13(21-17-7-8-19-18-16(17)12-20-22(18)2)14-5-3-6-15(11-14)23-9-4-10-26(23,24)25/h3,5-8,11-13H,4,9-10H2,1-2H3,(H,19,21). The molecule has 7 nitrogen and oxygen atoms in total. The molecule has 1 fully saturated rings. The summed E-state index contributed by atoms with van der Waals surface area (Å²) in [6, 6.07) is 9.64. The molecule has 2 aromatic heterocycles. The van der Waals surface area contributed by atoms with Gasteiger partial charge in [-0.2, -0.15) is 5.10 Å². The maximum Gasteiger partial charge on any atom is 0.235 e. The average molecular weight is 371 g/mol. The number of hydrogen-bond acceptors (Lipinski definition) is 5. The molecule has 1 aromatic carbocycles. The Labute approximate surface area is 152 Å². The third-order valence-electron chi connectivity index (χ3n) is 4.77. The Morgan fingerprint density at radius 3 is 2.88 bits per heavy atom. The van der Waals surface area contributed by atoms with E-state index in [1.807, 2.05) is 37.4 Å². The van der Waals surface area contributed by atoms with Crippen molar-refractivity contribution in [2.24, 2.45) is 7.05 Å². The van der Waals surface area contributed by atoms with Crippen molar-refractivity contribution in [2.45, 2.75) is 19.4 Å². The highest BCUT2D eigenvalue weighted by Crippen LogP contribution is 2.29. The van der Waals surface area contributed by atoms with Crippen LogP contribution < -0.4 is 9.62 Å². The second kappa shape index (κ2) is 6.28. The van der Waals surface area contributed by atoms with Crippen LogP contribution in [-0.4, -0.2) is 35.5 Å². The highest BCUT2D eigenvalue weighted by atomic mass is 32.2. The van der Waals surface area contributed by atoms with Crippen molar-refractivity contribution in [3.63, 3.8) is 0 Å². The SMILES string of the molecule is CC(Nc1ccnc2c1cnn2C)c1cccc(N2CCCS2(=O)=O)c1. The number of nitrogens with zero attached hydrogens (tertiary/aromatic N) is 4.